The summed E-state index contributed by atoms with van der Waals surface area (Å²) in [5, 5.41) is 7.19. The lowest BCUT2D eigenvalue weighted by Crippen LogP contribution is -2.23. The van der Waals surface area contributed by atoms with Crippen LogP contribution in [0, 0.1) is 17.6 Å². The third kappa shape index (κ3) is 3.65. The first-order chi connectivity index (χ1) is 10.1. The highest BCUT2D eigenvalue weighted by Gasteiger charge is 2.20. The zero-order chi connectivity index (χ0) is 14.8. The number of aromatic nitrogens is 2. The number of hydrogen-bond acceptors (Lipinski definition) is 3. The SMILES string of the molecule is O=c1cc(NCC2CC2)cnn1Cc1cc(F)cc(F)c1. The summed E-state index contributed by atoms with van der Waals surface area (Å²) in [6.07, 6.45) is 4.00. The van der Waals surface area contributed by atoms with Crippen LogP contribution in [0.5, 0.6) is 0 Å². The summed E-state index contributed by atoms with van der Waals surface area (Å²) in [6.45, 7) is 0.886. The standard InChI is InChI=1S/C15H15F2N3O/c16-12-3-11(4-13(17)5-12)9-20-15(21)6-14(8-19-20)18-7-10-1-2-10/h3-6,8,10,18H,1-2,7,9H2. The van der Waals surface area contributed by atoms with Crippen LogP contribution in [0.15, 0.2) is 35.3 Å². The van der Waals surface area contributed by atoms with Gasteiger partial charge in [0, 0.05) is 18.7 Å². The second-order valence-electron chi connectivity index (χ2n) is 5.34. The van der Waals surface area contributed by atoms with E-state index in [1.54, 1.807) is 6.20 Å². The van der Waals surface area contributed by atoms with E-state index in [0.717, 1.165) is 12.6 Å². The van der Waals surface area contributed by atoms with E-state index in [1.165, 1.54) is 35.7 Å². The molecule has 1 aromatic carbocycles. The van der Waals surface area contributed by atoms with Crippen molar-refractivity contribution in [3.8, 4) is 0 Å². The van der Waals surface area contributed by atoms with Crippen molar-refractivity contribution in [2.75, 3.05) is 11.9 Å². The van der Waals surface area contributed by atoms with Gasteiger partial charge in [-0.1, -0.05) is 0 Å². The lowest BCUT2D eigenvalue weighted by atomic mass is 10.2. The van der Waals surface area contributed by atoms with Crippen LogP contribution < -0.4 is 10.9 Å². The molecule has 0 radical (unpaired) electrons. The number of benzene rings is 1. The number of anilines is 1. The molecule has 1 saturated carbocycles. The van der Waals surface area contributed by atoms with Gasteiger partial charge in [0.2, 0.25) is 0 Å². The minimum atomic E-state index is -0.666. The van der Waals surface area contributed by atoms with Crippen LogP contribution in [0.4, 0.5) is 14.5 Å². The molecule has 6 heteroatoms. The number of hydrogen-bond donors (Lipinski definition) is 1. The van der Waals surface area contributed by atoms with E-state index in [-0.39, 0.29) is 12.1 Å². The molecule has 1 aliphatic rings. The summed E-state index contributed by atoms with van der Waals surface area (Å²) in [7, 11) is 0. The van der Waals surface area contributed by atoms with Gasteiger partial charge in [-0.2, -0.15) is 5.10 Å². The third-order valence-electron chi connectivity index (χ3n) is 3.42. The van der Waals surface area contributed by atoms with E-state index < -0.39 is 11.6 Å². The maximum absolute atomic E-state index is 13.1. The Balaban J connectivity index is 1.74. The monoisotopic (exact) mass is 291 g/mol. The topological polar surface area (TPSA) is 46.9 Å². The molecule has 110 valence electrons. The van der Waals surface area contributed by atoms with E-state index in [9.17, 15) is 13.6 Å². The lowest BCUT2D eigenvalue weighted by Gasteiger charge is -2.08. The molecule has 4 nitrogen and oxygen atoms in total. The Morgan fingerprint density at radius 1 is 1.19 bits per heavy atom. The predicted molar refractivity (Wildman–Crippen MR) is 75.2 cm³/mol. The molecule has 1 N–H and O–H groups in total. The summed E-state index contributed by atoms with van der Waals surface area (Å²) in [4.78, 5) is 11.9. The number of rotatable bonds is 5. The molecule has 1 aromatic heterocycles. The van der Waals surface area contributed by atoms with Crippen LogP contribution in [0.2, 0.25) is 0 Å². The normalized spacial score (nSPS) is 14.2. The molecule has 2 aromatic rings. The minimum absolute atomic E-state index is 0.0381. The first-order valence-electron chi connectivity index (χ1n) is 6.86. The molecule has 1 aliphatic carbocycles. The van der Waals surface area contributed by atoms with Gasteiger partial charge >= 0.3 is 0 Å². The van der Waals surface area contributed by atoms with Crippen molar-refractivity contribution >= 4 is 5.69 Å². The molecule has 1 fully saturated rings. The Bertz CT molecular complexity index is 690. The van der Waals surface area contributed by atoms with Gasteiger partial charge in [0.1, 0.15) is 11.6 Å². The van der Waals surface area contributed by atoms with Crippen LogP contribution in [0.3, 0.4) is 0 Å². The first-order valence-corrected chi connectivity index (χ1v) is 6.86. The average Bonchev–Trinajstić information content (AvgIpc) is 3.22. The molecule has 3 rings (SSSR count). The Hall–Kier alpha value is -2.24. The molecular formula is C15H15F2N3O. The Morgan fingerprint density at radius 3 is 2.52 bits per heavy atom. The lowest BCUT2D eigenvalue weighted by molar-refractivity contribution is 0.570. The molecule has 0 bridgehead atoms. The smallest absolute Gasteiger partial charge is 0.269 e. The van der Waals surface area contributed by atoms with Gasteiger partial charge in [-0.15, -0.1) is 0 Å². The van der Waals surface area contributed by atoms with E-state index >= 15 is 0 Å². The molecule has 0 saturated heterocycles. The van der Waals surface area contributed by atoms with Gasteiger partial charge in [-0.05, 0) is 36.5 Å². The predicted octanol–water partition coefficient (Wildman–Crippen LogP) is 2.39. The average molecular weight is 291 g/mol. The highest BCUT2D eigenvalue weighted by Crippen LogP contribution is 2.28. The summed E-state index contributed by atoms with van der Waals surface area (Å²) in [5.74, 6) is -0.635. The molecule has 0 unspecified atom stereocenters. The fraction of sp³-hybridized carbons (Fsp3) is 0.333. The van der Waals surface area contributed by atoms with Crippen molar-refractivity contribution in [2.24, 2.45) is 5.92 Å². The number of nitrogens with zero attached hydrogens (tertiary/aromatic N) is 2. The van der Waals surface area contributed by atoms with E-state index in [1.807, 2.05) is 0 Å². The second kappa shape index (κ2) is 5.63. The van der Waals surface area contributed by atoms with Gasteiger partial charge in [-0.25, -0.2) is 13.5 Å². The summed E-state index contributed by atoms with van der Waals surface area (Å²) < 4.78 is 27.4. The number of halogens is 2. The molecule has 1 heterocycles. The van der Waals surface area contributed by atoms with Crippen molar-refractivity contribution in [1.82, 2.24) is 9.78 Å². The van der Waals surface area contributed by atoms with Gasteiger partial charge in [-0.3, -0.25) is 4.79 Å². The number of nitrogens with one attached hydrogen (secondary N) is 1. The van der Waals surface area contributed by atoms with Crippen LogP contribution in [0.25, 0.3) is 0 Å². The highest BCUT2D eigenvalue weighted by molar-refractivity contribution is 5.39. The quantitative estimate of drug-likeness (QED) is 0.920. The molecule has 0 amide bonds. The van der Waals surface area contributed by atoms with E-state index in [4.69, 9.17) is 0 Å². The van der Waals surface area contributed by atoms with Crippen LogP contribution in [-0.2, 0) is 6.54 Å². The van der Waals surface area contributed by atoms with Crippen LogP contribution in [-0.4, -0.2) is 16.3 Å². The molecular weight excluding hydrogens is 276 g/mol. The first kappa shape index (κ1) is 13.7. The maximum atomic E-state index is 13.1. The largest absolute Gasteiger partial charge is 0.383 e. The Morgan fingerprint density at radius 2 is 1.90 bits per heavy atom. The highest BCUT2D eigenvalue weighted by atomic mass is 19.1. The fourth-order valence-corrected chi connectivity index (χ4v) is 2.11. The minimum Gasteiger partial charge on any atom is -0.383 e. The van der Waals surface area contributed by atoms with Gasteiger partial charge in [0.25, 0.3) is 5.56 Å². The second-order valence-corrected chi connectivity index (χ2v) is 5.34. The van der Waals surface area contributed by atoms with Crippen LogP contribution >= 0.6 is 0 Å². The summed E-state index contributed by atoms with van der Waals surface area (Å²) >= 11 is 0. The van der Waals surface area contributed by atoms with Crippen molar-refractivity contribution in [3.05, 3.63) is 58.0 Å². The zero-order valence-corrected chi connectivity index (χ0v) is 11.4. The zero-order valence-electron chi connectivity index (χ0n) is 11.4. The maximum Gasteiger partial charge on any atom is 0.269 e. The fourth-order valence-electron chi connectivity index (χ4n) is 2.11. The van der Waals surface area contributed by atoms with Gasteiger partial charge in [0.05, 0.1) is 18.4 Å². The van der Waals surface area contributed by atoms with Gasteiger partial charge in [0.15, 0.2) is 0 Å². The molecule has 21 heavy (non-hydrogen) atoms. The Labute approximate surface area is 120 Å². The van der Waals surface area contributed by atoms with Crippen molar-refractivity contribution < 1.29 is 8.78 Å². The van der Waals surface area contributed by atoms with Crippen molar-refractivity contribution in [3.63, 3.8) is 0 Å². The van der Waals surface area contributed by atoms with Crippen molar-refractivity contribution in [2.45, 2.75) is 19.4 Å². The summed E-state index contributed by atoms with van der Waals surface area (Å²) in [5.41, 5.74) is 0.731. The van der Waals surface area contributed by atoms with Gasteiger partial charge < -0.3 is 5.32 Å². The van der Waals surface area contributed by atoms with Crippen molar-refractivity contribution in [1.29, 1.82) is 0 Å². The van der Waals surface area contributed by atoms with E-state index in [2.05, 4.69) is 10.4 Å². The summed E-state index contributed by atoms with van der Waals surface area (Å²) in [6, 6.07) is 4.63. The molecule has 0 aliphatic heterocycles. The molecule has 0 atom stereocenters. The van der Waals surface area contributed by atoms with E-state index in [0.29, 0.717) is 17.2 Å². The van der Waals surface area contributed by atoms with Crippen LogP contribution in [0.1, 0.15) is 18.4 Å². The molecule has 0 spiro atoms. The third-order valence-corrected chi connectivity index (χ3v) is 3.42. The Kier molecular flexibility index (Phi) is 3.68.